The Morgan fingerprint density at radius 3 is 2.54 bits per heavy atom. The number of β-lactam (4-membered cyclic amide) rings is 1. The summed E-state index contributed by atoms with van der Waals surface area (Å²) in [4.78, 5) is 51.6. The molecule has 14 heteroatoms. The van der Waals surface area contributed by atoms with Crippen LogP contribution in [0, 0.1) is 0 Å². The van der Waals surface area contributed by atoms with Crippen LogP contribution in [0.3, 0.4) is 0 Å². The predicted octanol–water partition coefficient (Wildman–Crippen LogP) is 3.88. The number of hydrogen-bond donors (Lipinski definition) is 3. The number of ether oxygens (including phenoxy) is 1. The number of anilines is 1. The van der Waals surface area contributed by atoms with Crippen molar-refractivity contribution in [2.75, 3.05) is 11.1 Å². The molecule has 3 atom stereocenters. The molecule has 0 radical (unpaired) electrons. The molecule has 3 aromatic rings. The number of carboxylic acids is 1. The van der Waals surface area contributed by atoms with E-state index in [2.05, 4.69) is 25.6 Å². The average molecular weight is 587 g/mol. The van der Waals surface area contributed by atoms with Crippen LogP contribution >= 0.6 is 35.0 Å². The Kier molecular flexibility index (Phi) is 7.60. The molecule has 39 heavy (non-hydrogen) atoms. The molecule has 1 aromatic heterocycles. The number of para-hydroxylation sites is 1. The van der Waals surface area contributed by atoms with Gasteiger partial charge in [-0.2, -0.15) is 15.0 Å². The van der Waals surface area contributed by atoms with Crippen LogP contribution in [0.25, 0.3) is 0 Å². The Balaban J connectivity index is 1.38. The van der Waals surface area contributed by atoms with Gasteiger partial charge in [-0.3, -0.25) is 14.5 Å². The highest BCUT2D eigenvalue weighted by Crippen LogP contribution is 2.40. The number of carboxylic acid groups (broad SMARTS) is 1. The molecule has 2 amide bonds. The monoisotopic (exact) mass is 586 g/mol. The average Bonchev–Trinajstić information content (AvgIpc) is 2.91. The van der Waals surface area contributed by atoms with E-state index in [0.717, 1.165) is 0 Å². The van der Waals surface area contributed by atoms with Crippen molar-refractivity contribution in [3.63, 3.8) is 0 Å². The highest BCUT2D eigenvalue weighted by atomic mass is 35.5. The van der Waals surface area contributed by atoms with Crippen LogP contribution in [0.5, 0.6) is 11.8 Å². The standard InChI is InChI=1S/C25H20Cl2N6O5S/c1-12-11-39-21-17(20(35)33(21)18(12)22(36)37)28-19(34)16(13-7-3-2-4-8-13)29-24-30-23(27)31-25(32-24)38-15-10-6-5-9-14(15)26/h2-10,16-17,21H,11H2,1H3,(H,28,34)(H,36,37)(H,29,30,31,32)/t16?,17-,21-/m1/s1. The van der Waals surface area contributed by atoms with Gasteiger partial charge in [0.1, 0.15) is 28.9 Å². The molecule has 3 N–H and O–H groups in total. The minimum atomic E-state index is -1.18. The zero-order valence-corrected chi connectivity index (χ0v) is 22.5. The third-order valence-corrected chi connectivity index (χ3v) is 7.86. The minimum absolute atomic E-state index is 0.0436. The fourth-order valence-electron chi connectivity index (χ4n) is 4.15. The molecule has 200 valence electrons. The second-order valence-electron chi connectivity index (χ2n) is 8.56. The zero-order valence-electron chi connectivity index (χ0n) is 20.2. The topological polar surface area (TPSA) is 147 Å². The molecule has 1 fully saturated rings. The number of carbonyl (C=O) groups is 3. The van der Waals surface area contributed by atoms with Gasteiger partial charge in [-0.25, -0.2) is 4.79 Å². The quantitative estimate of drug-likeness (QED) is 0.332. The number of aromatic nitrogens is 3. The lowest BCUT2D eigenvalue weighted by atomic mass is 10.0. The lowest BCUT2D eigenvalue weighted by Gasteiger charge is -2.49. The second kappa shape index (κ2) is 11.1. The van der Waals surface area contributed by atoms with Gasteiger partial charge in [-0.05, 0) is 41.8 Å². The number of benzene rings is 2. The summed E-state index contributed by atoms with van der Waals surface area (Å²) in [6.45, 7) is 1.67. The first-order chi connectivity index (χ1) is 18.7. The molecule has 1 saturated heterocycles. The summed E-state index contributed by atoms with van der Waals surface area (Å²) in [6, 6.07) is 13.4. The third kappa shape index (κ3) is 5.49. The van der Waals surface area contributed by atoms with E-state index < -0.39 is 35.2 Å². The van der Waals surface area contributed by atoms with E-state index in [1.54, 1.807) is 61.5 Å². The van der Waals surface area contributed by atoms with Gasteiger partial charge < -0.3 is 20.5 Å². The van der Waals surface area contributed by atoms with Crippen molar-refractivity contribution in [3.05, 3.63) is 81.7 Å². The fourth-order valence-corrected chi connectivity index (χ4v) is 5.77. The number of nitrogens with one attached hydrogen (secondary N) is 2. The maximum atomic E-state index is 13.5. The second-order valence-corrected chi connectivity index (χ2v) is 10.4. The van der Waals surface area contributed by atoms with Crippen LogP contribution in [0.1, 0.15) is 18.5 Å². The Morgan fingerprint density at radius 2 is 1.82 bits per heavy atom. The van der Waals surface area contributed by atoms with E-state index in [-0.39, 0.29) is 22.9 Å². The predicted molar refractivity (Wildman–Crippen MR) is 145 cm³/mol. The first kappa shape index (κ1) is 26.7. The summed E-state index contributed by atoms with van der Waals surface area (Å²) in [5.41, 5.74) is 1.10. The van der Waals surface area contributed by atoms with Crippen LogP contribution in [0.4, 0.5) is 5.95 Å². The van der Waals surface area contributed by atoms with Gasteiger partial charge in [-0.15, -0.1) is 11.8 Å². The molecule has 3 heterocycles. The highest BCUT2D eigenvalue weighted by Gasteiger charge is 2.54. The minimum Gasteiger partial charge on any atom is -0.477 e. The molecular formula is C25H20Cl2N6O5S. The highest BCUT2D eigenvalue weighted by molar-refractivity contribution is 8.00. The molecule has 11 nitrogen and oxygen atoms in total. The number of halogens is 2. The van der Waals surface area contributed by atoms with Crippen LogP contribution in [-0.4, -0.2) is 59.9 Å². The van der Waals surface area contributed by atoms with Gasteiger partial charge in [-0.1, -0.05) is 54.1 Å². The van der Waals surface area contributed by atoms with Crippen LogP contribution in [0.2, 0.25) is 10.3 Å². The SMILES string of the molecule is CC1=C(C(=O)O)N2C(=O)[C@@H](NC(=O)C(Nc3nc(Cl)nc(Oc4ccccc4Cl)n3)c3ccccc3)[C@H]2SC1. The number of fused-ring (bicyclic) bond motifs is 1. The summed E-state index contributed by atoms with van der Waals surface area (Å²) in [5, 5.41) is 14.9. The number of carbonyl (C=O) groups excluding carboxylic acids is 2. The Hall–Kier alpha value is -3.87. The Bertz CT molecular complexity index is 1490. The van der Waals surface area contributed by atoms with E-state index in [4.69, 9.17) is 27.9 Å². The van der Waals surface area contributed by atoms with Crippen molar-refractivity contribution in [2.45, 2.75) is 24.4 Å². The lowest BCUT2D eigenvalue weighted by Crippen LogP contribution is -2.70. The van der Waals surface area contributed by atoms with Gasteiger partial charge in [0, 0.05) is 5.75 Å². The number of nitrogens with zero attached hydrogens (tertiary/aromatic N) is 4. The van der Waals surface area contributed by atoms with Crippen LogP contribution in [0.15, 0.2) is 65.9 Å². The molecule has 0 aliphatic carbocycles. The molecule has 1 unspecified atom stereocenters. The Morgan fingerprint density at radius 1 is 1.10 bits per heavy atom. The van der Waals surface area contributed by atoms with Crippen LogP contribution in [-0.2, 0) is 14.4 Å². The molecule has 2 aliphatic rings. The first-order valence-electron chi connectivity index (χ1n) is 11.6. The largest absolute Gasteiger partial charge is 0.477 e. The number of aliphatic carboxylic acids is 1. The van der Waals surface area contributed by atoms with E-state index in [1.165, 1.54) is 16.7 Å². The van der Waals surface area contributed by atoms with Gasteiger partial charge >= 0.3 is 12.0 Å². The number of thioether (sulfide) groups is 1. The normalized spacial score (nSPS) is 19.1. The van der Waals surface area contributed by atoms with Gasteiger partial charge in [0.2, 0.25) is 17.1 Å². The zero-order chi connectivity index (χ0) is 27.7. The van der Waals surface area contributed by atoms with E-state index in [9.17, 15) is 19.5 Å². The number of hydrogen-bond acceptors (Lipinski definition) is 9. The van der Waals surface area contributed by atoms with Crippen LogP contribution < -0.4 is 15.4 Å². The van der Waals surface area contributed by atoms with E-state index >= 15 is 0 Å². The van der Waals surface area contributed by atoms with Crippen molar-refractivity contribution >= 4 is 58.7 Å². The summed E-state index contributed by atoms with van der Waals surface area (Å²) in [7, 11) is 0. The van der Waals surface area contributed by atoms with Crippen molar-refractivity contribution < 1.29 is 24.2 Å². The molecule has 0 bridgehead atoms. The van der Waals surface area contributed by atoms with E-state index in [1.807, 2.05) is 0 Å². The fraction of sp³-hybridized carbons (Fsp3) is 0.200. The Labute approximate surface area is 236 Å². The van der Waals surface area contributed by atoms with Crippen molar-refractivity contribution in [1.29, 1.82) is 0 Å². The maximum Gasteiger partial charge on any atom is 0.352 e. The molecule has 0 spiro atoms. The molecule has 0 saturated carbocycles. The smallest absolute Gasteiger partial charge is 0.352 e. The van der Waals surface area contributed by atoms with Crippen molar-refractivity contribution in [1.82, 2.24) is 25.2 Å². The summed E-state index contributed by atoms with van der Waals surface area (Å²) in [6.07, 6.45) is 0. The molecule has 5 rings (SSSR count). The van der Waals surface area contributed by atoms with Crippen molar-refractivity contribution in [3.8, 4) is 11.8 Å². The van der Waals surface area contributed by atoms with E-state index in [0.29, 0.717) is 27.7 Å². The lowest BCUT2D eigenvalue weighted by molar-refractivity contribution is -0.150. The summed E-state index contributed by atoms with van der Waals surface area (Å²) in [5.74, 6) is -1.55. The third-order valence-electron chi connectivity index (χ3n) is 5.95. The molecular weight excluding hydrogens is 567 g/mol. The van der Waals surface area contributed by atoms with Gasteiger partial charge in [0.25, 0.3) is 5.91 Å². The number of amides is 2. The number of rotatable bonds is 8. The summed E-state index contributed by atoms with van der Waals surface area (Å²) < 4.78 is 5.66. The van der Waals surface area contributed by atoms with Gasteiger partial charge in [0.05, 0.1) is 5.02 Å². The molecule has 2 aliphatic heterocycles. The summed E-state index contributed by atoms with van der Waals surface area (Å²) >= 11 is 13.6. The van der Waals surface area contributed by atoms with Crippen molar-refractivity contribution in [2.24, 2.45) is 0 Å². The first-order valence-corrected chi connectivity index (χ1v) is 13.4. The molecule has 2 aromatic carbocycles. The van der Waals surface area contributed by atoms with Gasteiger partial charge in [0.15, 0.2) is 0 Å². The maximum absolute atomic E-state index is 13.5.